The molecule has 7 heteroatoms. The molecule has 0 unspecified atom stereocenters. The van der Waals surface area contributed by atoms with Gasteiger partial charge in [-0.05, 0) is 30.5 Å². The minimum atomic E-state index is -0.0514. The smallest absolute Gasteiger partial charge is 0.273 e. The normalized spacial score (nSPS) is 14.1. The molecule has 0 radical (unpaired) electrons. The Kier molecular flexibility index (Phi) is 4.68. The molecule has 1 saturated carbocycles. The first-order valence-corrected chi connectivity index (χ1v) is 8.61. The van der Waals surface area contributed by atoms with Crippen molar-refractivity contribution in [2.45, 2.75) is 32.0 Å². The van der Waals surface area contributed by atoms with Gasteiger partial charge in [-0.1, -0.05) is 29.3 Å². The van der Waals surface area contributed by atoms with E-state index in [9.17, 15) is 4.79 Å². The highest BCUT2D eigenvalue weighted by Crippen LogP contribution is 2.31. The summed E-state index contributed by atoms with van der Waals surface area (Å²) in [6, 6.07) is 5.73. The van der Waals surface area contributed by atoms with Crippen LogP contribution < -0.4 is 5.73 Å². The minimum absolute atomic E-state index is 0.0514. The fraction of sp³-hybridized carbons (Fsp3) is 0.333. The average Bonchev–Trinajstić information content (AvgIpc) is 3.24. The van der Waals surface area contributed by atoms with Crippen LogP contribution in [0.3, 0.4) is 0 Å². The van der Waals surface area contributed by atoms with Crippen LogP contribution in [0.25, 0.3) is 0 Å². The Balaban J connectivity index is 1.80. The van der Waals surface area contributed by atoms with Crippen LogP contribution in [-0.2, 0) is 13.1 Å². The van der Waals surface area contributed by atoms with E-state index in [1.807, 2.05) is 11.0 Å². The number of hydrogen-bond donors (Lipinski definition) is 1. The van der Waals surface area contributed by atoms with Gasteiger partial charge in [0.1, 0.15) is 10.7 Å². The van der Waals surface area contributed by atoms with Crippen molar-refractivity contribution >= 4 is 40.4 Å². The lowest BCUT2D eigenvalue weighted by molar-refractivity contribution is 0.0724. The summed E-state index contributed by atoms with van der Waals surface area (Å²) in [4.78, 5) is 18.8. The van der Waals surface area contributed by atoms with Gasteiger partial charge in [0.05, 0.1) is 10.0 Å². The number of benzene rings is 1. The van der Waals surface area contributed by atoms with E-state index in [-0.39, 0.29) is 11.9 Å². The molecular weight excluding hydrogens is 341 g/mol. The summed E-state index contributed by atoms with van der Waals surface area (Å²) in [7, 11) is 0. The molecule has 2 N–H and O–H groups in total. The SMILES string of the molecule is NCc1nc(C(=O)N(Cc2ccc(Cl)c(Cl)c2)C2CC2)cs1. The van der Waals surface area contributed by atoms with Gasteiger partial charge >= 0.3 is 0 Å². The van der Waals surface area contributed by atoms with Crippen molar-refractivity contribution < 1.29 is 4.79 Å². The molecule has 1 aromatic heterocycles. The maximum atomic E-state index is 12.7. The van der Waals surface area contributed by atoms with Gasteiger partial charge in [0.25, 0.3) is 5.91 Å². The van der Waals surface area contributed by atoms with Gasteiger partial charge in [-0.25, -0.2) is 4.98 Å². The molecule has 1 amide bonds. The molecule has 4 nitrogen and oxygen atoms in total. The van der Waals surface area contributed by atoms with Crippen LogP contribution in [0.15, 0.2) is 23.6 Å². The predicted octanol–water partition coefficient (Wildman–Crippen LogP) is 3.71. The van der Waals surface area contributed by atoms with E-state index in [0.29, 0.717) is 28.8 Å². The molecule has 0 atom stereocenters. The number of rotatable bonds is 5. The van der Waals surface area contributed by atoms with E-state index < -0.39 is 0 Å². The van der Waals surface area contributed by atoms with Crippen molar-refractivity contribution in [1.82, 2.24) is 9.88 Å². The van der Waals surface area contributed by atoms with Gasteiger partial charge in [-0.2, -0.15) is 0 Å². The third-order valence-corrected chi connectivity index (χ3v) is 5.14. The van der Waals surface area contributed by atoms with Crippen LogP contribution in [0.4, 0.5) is 0 Å². The fourth-order valence-electron chi connectivity index (χ4n) is 2.24. The van der Waals surface area contributed by atoms with Crippen LogP contribution in [0.5, 0.6) is 0 Å². The zero-order chi connectivity index (χ0) is 15.7. The van der Waals surface area contributed by atoms with Crippen LogP contribution >= 0.6 is 34.5 Å². The van der Waals surface area contributed by atoms with Crippen LogP contribution in [0.2, 0.25) is 10.0 Å². The van der Waals surface area contributed by atoms with E-state index in [1.165, 1.54) is 11.3 Å². The Bertz CT molecular complexity index is 700. The lowest BCUT2D eigenvalue weighted by atomic mass is 10.2. The molecule has 22 heavy (non-hydrogen) atoms. The van der Waals surface area contributed by atoms with Crippen molar-refractivity contribution in [3.05, 3.63) is 49.9 Å². The van der Waals surface area contributed by atoms with Crippen LogP contribution in [0, 0.1) is 0 Å². The molecule has 1 aliphatic carbocycles. The van der Waals surface area contributed by atoms with Crippen molar-refractivity contribution in [3.63, 3.8) is 0 Å². The topological polar surface area (TPSA) is 59.2 Å². The minimum Gasteiger partial charge on any atom is -0.330 e. The van der Waals surface area contributed by atoms with Crippen molar-refractivity contribution in [1.29, 1.82) is 0 Å². The molecule has 116 valence electrons. The first kappa shape index (κ1) is 15.7. The molecule has 0 spiro atoms. The second-order valence-electron chi connectivity index (χ2n) is 5.24. The van der Waals surface area contributed by atoms with Crippen molar-refractivity contribution in [2.75, 3.05) is 0 Å². The van der Waals surface area contributed by atoms with Gasteiger partial charge < -0.3 is 10.6 Å². The Morgan fingerprint density at radius 3 is 2.73 bits per heavy atom. The molecule has 0 saturated heterocycles. The summed E-state index contributed by atoms with van der Waals surface area (Å²) in [6.45, 7) is 0.865. The van der Waals surface area contributed by atoms with Gasteiger partial charge in [-0.15, -0.1) is 11.3 Å². The van der Waals surface area contributed by atoms with E-state index in [2.05, 4.69) is 4.98 Å². The number of carbonyl (C=O) groups excluding carboxylic acids is 1. The average molecular weight is 356 g/mol. The molecule has 1 aliphatic rings. The Morgan fingerprint density at radius 1 is 1.36 bits per heavy atom. The molecule has 2 aromatic rings. The second-order valence-corrected chi connectivity index (χ2v) is 7.00. The Morgan fingerprint density at radius 2 is 2.14 bits per heavy atom. The Hall–Kier alpha value is -1.14. The lowest BCUT2D eigenvalue weighted by Gasteiger charge is -2.21. The summed E-state index contributed by atoms with van der Waals surface area (Å²) >= 11 is 13.4. The number of halogens is 2. The largest absolute Gasteiger partial charge is 0.330 e. The maximum Gasteiger partial charge on any atom is 0.273 e. The van der Waals surface area contributed by atoms with Gasteiger partial charge in [-0.3, -0.25) is 4.79 Å². The summed E-state index contributed by atoms with van der Waals surface area (Å²) < 4.78 is 0. The number of hydrogen-bond acceptors (Lipinski definition) is 4. The van der Waals surface area contributed by atoms with Gasteiger partial charge in [0.2, 0.25) is 0 Å². The summed E-state index contributed by atoms with van der Waals surface area (Å²) in [5, 5.41) is 3.56. The molecule has 0 aliphatic heterocycles. The van der Waals surface area contributed by atoms with Gasteiger partial charge in [0.15, 0.2) is 0 Å². The van der Waals surface area contributed by atoms with E-state index in [1.54, 1.807) is 17.5 Å². The molecule has 1 heterocycles. The highest BCUT2D eigenvalue weighted by molar-refractivity contribution is 7.09. The monoisotopic (exact) mass is 355 g/mol. The van der Waals surface area contributed by atoms with E-state index in [4.69, 9.17) is 28.9 Å². The van der Waals surface area contributed by atoms with Gasteiger partial charge in [0, 0.05) is 24.5 Å². The predicted molar refractivity (Wildman–Crippen MR) is 89.4 cm³/mol. The molecular formula is C15H15Cl2N3OS. The standard InChI is InChI=1S/C15H15Cl2N3OS/c16-11-4-1-9(5-12(11)17)7-20(10-2-3-10)15(21)13-8-22-14(6-18)19-13/h1,4-5,8,10H,2-3,6-7,18H2. The molecule has 1 aromatic carbocycles. The first-order chi connectivity index (χ1) is 10.6. The number of nitrogens with two attached hydrogens (primary N) is 1. The fourth-order valence-corrected chi connectivity index (χ4v) is 3.21. The van der Waals surface area contributed by atoms with Crippen LogP contribution in [0.1, 0.15) is 33.9 Å². The van der Waals surface area contributed by atoms with Crippen molar-refractivity contribution in [3.8, 4) is 0 Å². The van der Waals surface area contributed by atoms with Crippen LogP contribution in [-0.4, -0.2) is 21.8 Å². The number of thiazole rings is 1. The highest BCUT2D eigenvalue weighted by atomic mass is 35.5. The zero-order valence-electron chi connectivity index (χ0n) is 11.8. The maximum absolute atomic E-state index is 12.7. The number of carbonyl (C=O) groups is 1. The number of amides is 1. The molecule has 0 bridgehead atoms. The van der Waals surface area contributed by atoms with E-state index >= 15 is 0 Å². The van der Waals surface area contributed by atoms with E-state index in [0.717, 1.165) is 23.4 Å². The zero-order valence-corrected chi connectivity index (χ0v) is 14.1. The molecule has 3 rings (SSSR count). The summed E-state index contributed by atoms with van der Waals surface area (Å²) in [5.41, 5.74) is 6.99. The third-order valence-electron chi connectivity index (χ3n) is 3.53. The second kappa shape index (κ2) is 6.54. The highest BCUT2D eigenvalue weighted by Gasteiger charge is 2.34. The Labute approximate surface area is 142 Å². The first-order valence-electron chi connectivity index (χ1n) is 6.98. The van der Waals surface area contributed by atoms with Crippen molar-refractivity contribution in [2.24, 2.45) is 5.73 Å². The quantitative estimate of drug-likeness (QED) is 0.888. The summed E-state index contributed by atoms with van der Waals surface area (Å²) in [6.07, 6.45) is 2.06. The number of aromatic nitrogens is 1. The number of nitrogens with zero attached hydrogens (tertiary/aromatic N) is 2. The third kappa shape index (κ3) is 3.43. The molecule has 1 fully saturated rings. The lowest BCUT2D eigenvalue weighted by Crippen LogP contribution is -2.32. The summed E-state index contributed by atoms with van der Waals surface area (Å²) in [5.74, 6) is -0.0514.